The molecule has 10 nitrogen and oxygen atoms in total. The van der Waals surface area contributed by atoms with Crippen molar-refractivity contribution < 1.29 is 9.53 Å². The van der Waals surface area contributed by atoms with Crippen LogP contribution in [-0.4, -0.2) is 41.8 Å². The number of fused-ring (bicyclic) bond motifs is 3. The smallest absolute Gasteiger partial charge is 0.361 e. The van der Waals surface area contributed by atoms with E-state index in [1.807, 2.05) is 24.3 Å². The van der Waals surface area contributed by atoms with Crippen molar-refractivity contribution in [3.8, 4) is 0 Å². The molecule has 0 fully saturated rings. The number of rotatable bonds is 5. The van der Waals surface area contributed by atoms with Crippen LogP contribution in [0.4, 0.5) is 0 Å². The molecule has 0 aliphatic carbocycles. The van der Waals surface area contributed by atoms with Crippen molar-refractivity contribution in [1.82, 2.24) is 29.2 Å². The topological polar surface area (TPSA) is 113 Å². The number of ether oxygens (including phenoxy) is 1. The Morgan fingerprint density at radius 2 is 1.87 bits per heavy atom. The van der Waals surface area contributed by atoms with Crippen LogP contribution in [0.25, 0.3) is 16.6 Å². The fraction of sp³-hybridized carbons (Fsp3) is 0.263. The van der Waals surface area contributed by atoms with Gasteiger partial charge in [-0.05, 0) is 31.0 Å². The first kappa shape index (κ1) is 20.0. The van der Waals surface area contributed by atoms with Crippen LogP contribution >= 0.6 is 15.9 Å². The lowest BCUT2D eigenvalue weighted by Gasteiger charge is -2.12. The van der Waals surface area contributed by atoms with Gasteiger partial charge in [-0.3, -0.25) is 14.2 Å². The summed E-state index contributed by atoms with van der Waals surface area (Å²) in [5.74, 6) is -0.750. The van der Waals surface area contributed by atoms with E-state index in [0.29, 0.717) is 6.42 Å². The zero-order chi connectivity index (χ0) is 21.4. The van der Waals surface area contributed by atoms with Crippen LogP contribution in [-0.2, 0) is 24.8 Å². The lowest BCUT2D eigenvalue weighted by molar-refractivity contribution is 0.0521. The molecule has 0 aliphatic rings. The normalized spacial score (nSPS) is 11.3. The van der Waals surface area contributed by atoms with Gasteiger partial charge in [0.2, 0.25) is 5.69 Å². The highest BCUT2D eigenvalue weighted by Gasteiger charge is 2.24. The molecule has 0 spiro atoms. The summed E-state index contributed by atoms with van der Waals surface area (Å²) in [6.45, 7) is 2.01. The Bertz CT molecular complexity index is 1390. The molecule has 3 heterocycles. The Labute approximate surface area is 177 Å². The molecule has 0 N–H and O–H groups in total. The highest BCUT2D eigenvalue weighted by Crippen LogP contribution is 2.15. The average Bonchev–Trinajstić information content (AvgIpc) is 3.18. The van der Waals surface area contributed by atoms with E-state index in [1.165, 1.54) is 22.3 Å². The van der Waals surface area contributed by atoms with Gasteiger partial charge >= 0.3 is 5.97 Å². The second-order valence-corrected chi connectivity index (χ2v) is 7.48. The Hall–Kier alpha value is -3.34. The maximum absolute atomic E-state index is 13.4. The molecule has 154 valence electrons. The predicted molar refractivity (Wildman–Crippen MR) is 112 cm³/mol. The number of hydrogen-bond donors (Lipinski definition) is 0. The van der Waals surface area contributed by atoms with Crippen LogP contribution in [0.1, 0.15) is 23.0 Å². The van der Waals surface area contributed by atoms with Crippen LogP contribution < -0.4 is 11.1 Å². The van der Waals surface area contributed by atoms with Gasteiger partial charge in [0.25, 0.3) is 11.1 Å². The van der Waals surface area contributed by atoms with Gasteiger partial charge in [-0.25, -0.2) is 14.0 Å². The van der Waals surface area contributed by atoms with Gasteiger partial charge in [0.15, 0.2) is 5.52 Å². The van der Waals surface area contributed by atoms with Crippen LogP contribution in [0.15, 0.2) is 44.5 Å². The number of nitrogens with zero attached hydrogens (tertiary/aromatic N) is 6. The van der Waals surface area contributed by atoms with E-state index in [-0.39, 0.29) is 35.4 Å². The molecule has 4 rings (SSSR count). The summed E-state index contributed by atoms with van der Waals surface area (Å²) in [6, 6.07) is 7.67. The molecule has 0 radical (unpaired) electrons. The second-order valence-electron chi connectivity index (χ2n) is 6.56. The molecule has 0 amide bonds. The summed E-state index contributed by atoms with van der Waals surface area (Å²) in [7, 11) is 1.50. The summed E-state index contributed by atoms with van der Waals surface area (Å²) < 4.78 is 9.61. The third-order valence-corrected chi connectivity index (χ3v) is 5.24. The van der Waals surface area contributed by atoms with Gasteiger partial charge in [0.1, 0.15) is 11.0 Å². The van der Waals surface area contributed by atoms with E-state index in [4.69, 9.17) is 4.74 Å². The van der Waals surface area contributed by atoms with Crippen molar-refractivity contribution in [2.75, 3.05) is 6.61 Å². The monoisotopic (exact) mass is 472 g/mol. The van der Waals surface area contributed by atoms with Crippen LogP contribution in [0, 0.1) is 0 Å². The molecule has 0 aliphatic heterocycles. The zero-order valence-corrected chi connectivity index (χ0v) is 17.8. The lowest BCUT2D eigenvalue weighted by Crippen LogP contribution is -2.32. The summed E-state index contributed by atoms with van der Waals surface area (Å²) in [4.78, 5) is 38.5. The van der Waals surface area contributed by atoms with Crippen molar-refractivity contribution in [2.45, 2.75) is 19.9 Å². The minimum absolute atomic E-state index is 0.0493. The van der Waals surface area contributed by atoms with E-state index in [2.05, 4.69) is 31.3 Å². The number of esters is 1. The van der Waals surface area contributed by atoms with Crippen LogP contribution in [0.2, 0.25) is 0 Å². The molecule has 11 heteroatoms. The number of hydrogen-bond acceptors (Lipinski definition) is 7. The predicted octanol–water partition coefficient (Wildman–Crippen LogP) is 1.32. The fourth-order valence-corrected chi connectivity index (χ4v) is 3.50. The van der Waals surface area contributed by atoms with Crippen LogP contribution in [0.3, 0.4) is 0 Å². The van der Waals surface area contributed by atoms with Crippen LogP contribution in [0.5, 0.6) is 0 Å². The van der Waals surface area contributed by atoms with Crippen molar-refractivity contribution in [3.05, 3.63) is 66.9 Å². The standard InChI is InChI=1S/C19H17BrN6O4/c1-3-30-19(29)14-16-18(28)25(9-8-11-4-6-12(20)7-5-11)15-13(26(16)23-22-14)10-21-24(2)17(15)27/h4-7,10H,3,8-9H2,1-2H3. The van der Waals surface area contributed by atoms with E-state index in [1.54, 1.807) is 6.92 Å². The molecule has 3 aromatic heterocycles. The quantitative estimate of drug-likeness (QED) is 0.402. The molecule has 0 unspecified atom stereocenters. The van der Waals surface area contributed by atoms with Gasteiger partial charge < -0.3 is 4.74 Å². The van der Waals surface area contributed by atoms with Crippen molar-refractivity contribution >= 4 is 38.4 Å². The Balaban J connectivity index is 1.96. The Morgan fingerprint density at radius 1 is 1.13 bits per heavy atom. The van der Waals surface area contributed by atoms with E-state index in [0.717, 1.165) is 14.7 Å². The van der Waals surface area contributed by atoms with Gasteiger partial charge in [-0.15, -0.1) is 5.10 Å². The van der Waals surface area contributed by atoms with Gasteiger partial charge in [0, 0.05) is 18.1 Å². The number of aryl methyl sites for hydroxylation is 3. The molecule has 0 saturated heterocycles. The number of aromatic nitrogens is 6. The third-order valence-electron chi connectivity index (χ3n) is 4.71. The Morgan fingerprint density at radius 3 is 2.57 bits per heavy atom. The van der Waals surface area contributed by atoms with Crippen molar-refractivity contribution in [2.24, 2.45) is 7.05 Å². The van der Waals surface area contributed by atoms with E-state index < -0.39 is 17.1 Å². The van der Waals surface area contributed by atoms with E-state index in [9.17, 15) is 14.4 Å². The highest BCUT2D eigenvalue weighted by atomic mass is 79.9. The minimum Gasteiger partial charge on any atom is -0.461 e. The largest absolute Gasteiger partial charge is 0.461 e. The Kier molecular flexibility index (Phi) is 5.20. The second kappa shape index (κ2) is 7.82. The molecule has 0 bridgehead atoms. The third kappa shape index (κ3) is 3.30. The molecular weight excluding hydrogens is 456 g/mol. The lowest BCUT2D eigenvalue weighted by atomic mass is 10.1. The minimum atomic E-state index is -0.750. The number of carbonyl (C=O) groups is 1. The van der Waals surface area contributed by atoms with Gasteiger partial charge in [0.05, 0.1) is 12.8 Å². The molecule has 4 aromatic rings. The average molecular weight is 473 g/mol. The fourth-order valence-electron chi connectivity index (χ4n) is 3.24. The first-order chi connectivity index (χ1) is 14.4. The first-order valence-corrected chi connectivity index (χ1v) is 9.97. The number of carbonyl (C=O) groups excluding carboxylic acids is 1. The number of halogens is 1. The summed E-state index contributed by atoms with van der Waals surface area (Å²) in [5, 5.41) is 11.8. The van der Waals surface area contributed by atoms with Crippen molar-refractivity contribution in [1.29, 1.82) is 0 Å². The number of benzene rings is 1. The SMILES string of the molecule is CCOC(=O)c1nnn2c1c(=O)n(CCc1ccc(Br)cc1)c1c(=O)n(C)ncc12. The summed E-state index contributed by atoms with van der Waals surface area (Å²) >= 11 is 3.39. The molecule has 0 atom stereocenters. The van der Waals surface area contributed by atoms with Gasteiger partial charge in [-0.2, -0.15) is 5.10 Å². The summed E-state index contributed by atoms with van der Waals surface area (Å²) in [6.07, 6.45) is 1.92. The maximum Gasteiger partial charge on any atom is 0.361 e. The van der Waals surface area contributed by atoms with Crippen molar-refractivity contribution in [3.63, 3.8) is 0 Å². The zero-order valence-electron chi connectivity index (χ0n) is 16.2. The molecule has 30 heavy (non-hydrogen) atoms. The maximum atomic E-state index is 13.4. The summed E-state index contributed by atoms with van der Waals surface area (Å²) in [5.41, 5.74) is 0.176. The molecular formula is C19H17BrN6O4. The van der Waals surface area contributed by atoms with E-state index >= 15 is 0 Å². The molecule has 0 saturated carbocycles. The molecule has 1 aromatic carbocycles. The first-order valence-electron chi connectivity index (χ1n) is 9.18. The highest BCUT2D eigenvalue weighted by molar-refractivity contribution is 9.10. The van der Waals surface area contributed by atoms with Gasteiger partial charge in [-0.1, -0.05) is 33.3 Å².